The van der Waals surface area contributed by atoms with Crippen molar-refractivity contribution in [1.82, 2.24) is 9.97 Å². The normalized spacial score (nSPS) is 12.2. The van der Waals surface area contributed by atoms with E-state index in [1.54, 1.807) is 11.3 Å². The largest absolute Gasteiger partial charge is 0.297 e. The molecule has 0 saturated heterocycles. The van der Waals surface area contributed by atoms with Crippen molar-refractivity contribution in [3.63, 3.8) is 0 Å². The van der Waals surface area contributed by atoms with Gasteiger partial charge in [0.25, 0.3) is 0 Å². The molecule has 1 atom stereocenters. The average Bonchev–Trinajstić information content (AvgIpc) is 2.56. The van der Waals surface area contributed by atoms with Gasteiger partial charge in [-0.2, -0.15) is 0 Å². The first-order valence-corrected chi connectivity index (χ1v) is 9.11. The van der Waals surface area contributed by atoms with Crippen molar-refractivity contribution in [2.24, 2.45) is 5.84 Å². The van der Waals surface area contributed by atoms with E-state index in [4.69, 9.17) is 5.84 Å². The molecule has 1 rings (SSSR count). The van der Waals surface area contributed by atoms with Crippen molar-refractivity contribution in [3.8, 4) is 0 Å². The van der Waals surface area contributed by atoms with E-state index >= 15 is 0 Å². The van der Waals surface area contributed by atoms with Crippen LogP contribution in [0.25, 0.3) is 6.08 Å². The number of anilines is 1. The summed E-state index contributed by atoms with van der Waals surface area (Å²) in [4.78, 5) is 8.92. The second kappa shape index (κ2) is 11.2. The van der Waals surface area contributed by atoms with Gasteiger partial charge < -0.3 is 0 Å². The third-order valence-electron chi connectivity index (χ3n) is 4.38. The topological polar surface area (TPSA) is 55.0 Å². The Labute approximate surface area is 142 Å². The quantitative estimate of drug-likeness (QED) is 0.332. The summed E-state index contributed by atoms with van der Waals surface area (Å²) in [5.41, 5.74) is 2.12. The highest BCUT2D eigenvalue weighted by atomic mass is 15.4. The van der Waals surface area contributed by atoms with Crippen molar-refractivity contribution in [2.45, 2.75) is 77.6 Å². The first-order chi connectivity index (χ1) is 11.2. The Hall–Kier alpha value is -1.42. The van der Waals surface area contributed by atoms with Crippen LogP contribution < -0.4 is 10.9 Å². The molecule has 4 nitrogen and oxygen atoms in total. The number of nitrogens with zero attached hydrogens (tertiary/aromatic N) is 3. The van der Waals surface area contributed by atoms with E-state index in [-0.39, 0.29) is 0 Å². The maximum atomic E-state index is 5.92. The monoisotopic (exact) mass is 318 g/mol. The zero-order chi connectivity index (χ0) is 17.1. The standard InChI is InChI=1S/C19H34N4/c1-5-8-10-12-14-16(13-11-9-6-2)18-17(7-3)19(23(4)20)22-15-21-18/h7,15-16H,3,5-6,8-14,20H2,1-2,4H3. The van der Waals surface area contributed by atoms with E-state index in [2.05, 4.69) is 30.4 Å². The Balaban J connectivity index is 2.94. The molecule has 2 N–H and O–H groups in total. The van der Waals surface area contributed by atoms with Gasteiger partial charge in [-0.05, 0) is 12.8 Å². The van der Waals surface area contributed by atoms with Gasteiger partial charge in [-0.3, -0.25) is 5.01 Å². The Morgan fingerprint density at radius 2 is 1.70 bits per heavy atom. The summed E-state index contributed by atoms with van der Waals surface area (Å²) < 4.78 is 0. The van der Waals surface area contributed by atoms with Crippen molar-refractivity contribution in [2.75, 3.05) is 12.1 Å². The maximum absolute atomic E-state index is 5.92. The first kappa shape index (κ1) is 19.6. The molecule has 0 radical (unpaired) electrons. The molecule has 0 amide bonds. The second-order valence-corrected chi connectivity index (χ2v) is 6.35. The van der Waals surface area contributed by atoms with E-state index in [1.165, 1.54) is 57.8 Å². The van der Waals surface area contributed by atoms with Gasteiger partial charge in [-0.1, -0.05) is 71.4 Å². The summed E-state index contributed by atoms with van der Waals surface area (Å²) in [5.74, 6) is 7.16. The van der Waals surface area contributed by atoms with E-state index in [9.17, 15) is 0 Å². The summed E-state index contributed by atoms with van der Waals surface area (Å²) in [7, 11) is 1.81. The van der Waals surface area contributed by atoms with Gasteiger partial charge in [0, 0.05) is 18.5 Å². The molecule has 1 aromatic rings. The third-order valence-corrected chi connectivity index (χ3v) is 4.38. The van der Waals surface area contributed by atoms with Crippen LogP contribution in [0.5, 0.6) is 0 Å². The molecule has 0 bridgehead atoms. The third kappa shape index (κ3) is 6.30. The number of hydrogen-bond acceptors (Lipinski definition) is 4. The first-order valence-electron chi connectivity index (χ1n) is 9.11. The summed E-state index contributed by atoms with van der Waals surface area (Å²) >= 11 is 0. The summed E-state index contributed by atoms with van der Waals surface area (Å²) in [5, 5.41) is 1.56. The van der Waals surface area contributed by atoms with Gasteiger partial charge in [0.2, 0.25) is 0 Å². The van der Waals surface area contributed by atoms with Crippen molar-refractivity contribution < 1.29 is 0 Å². The molecule has 0 spiro atoms. The maximum Gasteiger partial charge on any atom is 0.153 e. The number of unbranched alkanes of at least 4 members (excludes halogenated alkanes) is 5. The lowest BCUT2D eigenvalue weighted by Crippen LogP contribution is -2.27. The summed E-state index contributed by atoms with van der Waals surface area (Å²) in [6, 6.07) is 0. The minimum atomic E-state index is 0.480. The second-order valence-electron chi connectivity index (χ2n) is 6.35. The number of hydrogen-bond donors (Lipinski definition) is 1. The molecule has 0 saturated carbocycles. The number of aromatic nitrogens is 2. The van der Waals surface area contributed by atoms with Crippen molar-refractivity contribution in [3.05, 3.63) is 24.2 Å². The predicted molar refractivity (Wildman–Crippen MR) is 100 cm³/mol. The fourth-order valence-corrected chi connectivity index (χ4v) is 3.08. The predicted octanol–water partition coefficient (Wildman–Crippen LogP) is 5.06. The van der Waals surface area contributed by atoms with Gasteiger partial charge in [0.15, 0.2) is 5.82 Å². The molecular formula is C19H34N4. The van der Waals surface area contributed by atoms with Crippen LogP contribution >= 0.6 is 0 Å². The van der Waals surface area contributed by atoms with Gasteiger partial charge in [0.05, 0.1) is 5.69 Å². The van der Waals surface area contributed by atoms with E-state index in [1.807, 2.05) is 13.1 Å². The molecule has 1 unspecified atom stereocenters. The molecule has 4 heteroatoms. The molecule has 0 aliphatic carbocycles. The van der Waals surface area contributed by atoms with Crippen LogP contribution in [-0.4, -0.2) is 17.0 Å². The minimum Gasteiger partial charge on any atom is -0.297 e. The summed E-state index contributed by atoms with van der Waals surface area (Å²) in [6.45, 7) is 8.46. The van der Waals surface area contributed by atoms with Crippen LogP contribution in [-0.2, 0) is 0 Å². The molecule has 130 valence electrons. The summed E-state index contributed by atoms with van der Waals surface area (Å²) in [6.07, 6.45) is 14.8. The smallest absolute Gasteiger partial charge is 0.153 e. The number of rotatable bonds is 12. The molecule has 0 aromatic carbocycles. The fraction of sp³-hybridized carbons (Fsp3) is 0.684. The molecule has 0 aliphatic rings. The lowest BCUT2D eigenvalue weighted by molar-refractivity contribution is 0.492. The molecule has 1 aromatic heterocycles. The van der Waals surface area contributed by atoms with Crippen molar-refractivity contribution >= 4 is 11.9 Å². The van der Waals surface area contributed by atoms with Gasteiger partial charge in [-0.25, -0.2) is 15.8 Å². The Morgan fingerprint density at radius 1 is 1.09 bits per heavy atom. The SMILES string of the molecule is C=Cc1c(C(CCCCC)CCCCCC)ncnc1N(C)N. The average molecular weight is 319 g/mol. The zero-order valence-electron chi connectivity index (χ0n) is 15.2. The van der Waals surface area contributed by atoms with Crippen LogP contribution in [0.1, 0.15) is 88.8 Å². The molecule has 0 fully saturated rings. The molecule has 23 heavy (non-hydrogen) atoms. The van der Waals surface area contributed by atoms with Crippen LogP contribution in [0.4, 0.5) is 5.82 Å². The molecule has 1 heterocycles. The highest BCUT2D eigenvalue weighted by Crippen LogP contribution is 2.32. The van der Waals surface area contributed by atoms with E-state index < -0.39 is 0 Å². The van der Waals surface area contributed by atoms with E-state index in [0.717, 1.165) is 17.1 Å². The fourth-order valence-electron chi connectivity index (χ4n) is 3.08. The van der Waals surface area contributed by atoms with Gasteiger partial charge >= 0.3 is 0 Å². The minimum absolute atomic E-state index is 0.480. The van der Waals surface area contributed by atoms with Crippen LogP contribution in [0.15, 0.2) is 12.9 Å². The molecular weight excluding hydrogens is 284 g/mol. The Kier molecular flexibility index (Phi) is 9.53. The Bertz CT molecular complexity index is 457. The van der Waals surface area contributed by atoms with Gasteiger partial charge in [-0.15, -0.1) is 0 Å². The lowest BCUT2D eigenvalue weighted by Gasteiger charge is -2.22. The van der Waals surface area contributed by atoms with Crippen LogP contribution in [0.3, 0.4) is 0 Å². The lowest BCUT2D eigenvalue weighted by atomic mass is 9.89. The van der Waals surface area contributed by atoms with Gasteiger partial charge in [0.1, 0.15) is 6.33 Å². The highest BCUT2D eigenvalue weighted by Gasteiger charge is 2.19. The number of nitrogens with two attached hydrogens (primary N) is 1. The van der Waals surface area contributed by atoms with Crippen LogP contribution in [0, 0.1) is 0 Å². The zero-order valence-corrected chi connectivity index (χ0v) is 15.2. The number of hydrazine groups is 1. The Morgan fingerprint density at radius 3 is 2.26 bits per heavy atom. The molecule has 0 aliphatic heterocycles. The van der Waals surface area contributed by atoms with E-state index in [0.29, 0.717) is 5.92 Å². The van der Waals surface area contributed by atoms with Crippen molar-refractivity contribution in [1.29, 1.82) is 0 Å². The highest BCUT2D eigenvalue weighted by molar-refractivity contribution is 5.64. The van der Waals surface area contributed by atoms with Crippen LogP contribution in [0.2, 0.25) is 0 Å².